The second-order valence-corrected chi connectivity index (χ2v) is 5.95. The van der Waals surface area contributed by atoms with Crippen molar-refractivity contribution in [3.63, 3.8) is 0 Å². The lowest BCUT2D eigenvalue weighted by molar-refractivity contribution is 0.0679. The third-order valence-electron chi connectivity index (χ3n) is 4.33. The molecular formula is C17H25NO2. The summed E-state index contributed by atoms with van der Waals surface area (Å²) in [4.78, 5) is 0. The van der Waals surface area contributed by atoms with Crippen LogP contribution in [0.15, 0.2) is 24.3 Å². The Hall–Kier alpha value is -1.06. The predicted molar refractivity (Wildman–Crippen MR) is 80.0 cm³/mol. The molecule has 3 rings (SSSR count). The lowest BCUT2D eigenvalue weighted by Crippen LogP contribution is -2.25. The highest BCUT2D eigenvalue weighted by Crippen LogP contribution is 2.19. The Labute approximate surface area is 121 Å². The van der Waals surface area contributed by atoms with E-state index in [-0.39, 0.29) is 0 Å². The summed E-state index contributed by atoms with van der Waals surface area (Å²) in [5.41, 5.74) is 1.33. The lowest BCUT2D eigenvalue weighted by atomic mass is 10.2. The number of rotatable bonds is 6. The summed E-state index contributed by atoms with van der Waals surface area (Å²) in [7, 11) is 0. The van der Waals surface area contributed by atoms with Gasteiger partial charge in [-0.1, -0.05) is 25.0 Å². The number of hydrogen-bond acceptors (Lipinski definition) is 3. The van der Waals surface area contributed by atoms with E-state index in [1.165, 1.54) is 37.7 Å². The van der Waals surface area contributed by atoms with Gasteiger partial charge < -0.3 is 14.8 Å². The monoisotopic (exact) mass is 275 g/mol. The van der Waals surface area contributed by atoms with Crippen LogP contribution in [0, 0.1) is 0 Å². The molecule has 0 amide bonds. The van der Waals surface area contributed by atoms with Gasteiger partial charge in [0.2, 0.25) is 0 Å². The highest BCUT2D eigenvalue weighted by molar-refractivity contribution is 5.27. The molecule has 1 aromatic rings. The van der Waals surface area contributed by atoms with Crippen molar-refractivity contribution in [2.75, 3.05) is 13.2 Å². The van der Waals surface area contributed by atoms with Gasteiger partial charge in [-0.15, -0.1) is 0 Å². The topological polar surface area (TPSA) is 30.5 Å². The van der Waals surface area contributed by atoms with Crippen LogP contribution in [0.2, 0.25) is 0 Å². The molecule has 1 heterocycles. The summed E-state index contributed by atoms with van der Waals surface area (Å²) in [6.45, 7) is 2.54. The van der Waals surface area contributed by atoms with Crippen LogP contribution in [-0.4, -0.2) is 25.4 Å². The maximum absolute atomic E-state index is 5.78. The highest BCUT2D eigenvalue weighted by Gasteiger charge is 2.16. The molecular weight excluding hydrogens is 250 g/mol. The fourth-order valence-corrected chi connectivity index (χ4v) is 3.06. The molecule has 2 aliphatic rings. The smallest absolute Gasteiger partial charge is 0.119 e. The van der Waals surface area contributed by atoms with Gasteiger partial charge in [-0.3, -0.25) is 0 Å². The summed E-state index contributed by atoms with van der Waals surface area (Å²) < 4.78 is 11.3. The van der Waals surface area contributed by atoms with Crippen molar-refractivity contribution < 1.29 is 9.47 Å². The van der Waals surface area contributed by atoms with Gasteiger partial charge in [-0.2, -0.15) is 0 Å². The Morgan fingerprint density at radius 2 is 1.85 bits per heavy atom. The third kappa shape index (κ3) is 3.97. The van der Waals surface area contributed by atoms with Crippen molar-refractivity contribution in [3.8, 4) is 5.75 Å². The number of benzene rings is 1. The molecule has 0 spiro atoms. The van der Waals surface area contributed by atoms with E-state index in [0.717, 1.165) is 31.4 Å². The average Bonchev–Trinajstić information content (AvgIpc) is 3.17. The first kappa shape index (κ1) is 13.9. The molecule has 1 aromatic carbocycles. The van der Waals surface area contributed by atoms with Crippen molar-refractivity contribution >= 4 is 0 Å². The SMILES string of the molecule is c1cc(OCC2CCCO2)ccc1CNC1CCCC1. The summed E-state index contributed by atoms with van der Waals surface area (Å²) in [6.07, 6.45) is 8.02. The zero-order valence-electron chi connectivity index (χ0n) is 12.1. The van der Waals surface area contributed by atoms with Crippen LogP contribution in [0.1, 0.15) is 44.1 Å². The second-order valence-electron chi connectivity index (χ2n) is 5.95. The van der Waals surface area contributed by atoms with E-state index in [1.54, 1.807) is 0 Å². The number of ether oxygens (including phenoxy) is 2. The molecule has 1 atom stereocenters. The molecule has 3 heteroatoms. The molecule has 1 saturated carbocycles. The Morgan fingerprint density at radius 1 is 1.05 bits per heavy atom. The largest absolute Gasteiger partial charge is 0.491 e. The normalized spacial score (nSPS) is 23.3. The molecule has 3 nitrogen and oxygen atoms in total. The summed E-state index contributed by atoms with van der Waals surface area (Å²) >= 11 is 0. The van der Waals surface area contributed by atoms with Crippen LogP contribution in [0.25, 0.3) is 0 Å². The average molecular weight is 275 g/mol. The van der Waals surface area contributed by atoms with Gasteiger partial charge >= 0.3 is 0 Å². The van der Waals surface area contributed by atoms with Gasteiger partial charge in [0.1, 0.15) is 12.4 Å². The van der Waals surface area contributed by atoms with Crippen LogP contribution in [0.5, 0.6) is 5.75 Å². The van der Waals surface area contributed by atoms with E-state index in [4.69, 9.17) is 9.47 Å². The first-order valence-corrected chi connectivity index (χ1v) is 7.97. The van der Waals surface area contributed by atoms with Crippen molar-refractivity contribution in [2.45, 2.75) is 57.2 Å². The molecule has 0 aromatic heterocycles. The van der Waals surface area contributed by atoms with E-state index < -0.39 is 0 Å². The first-order valence-electron chi connectivity index (χ1n) is 7.97. The lowest BCUT2D eigenvalue weighted by Gasteiger charge is -2.13. The molecule has 1 aliphatic carbocycles. The molecule has 0 bridgehead atoms. The number of nitrogens with one attached hydrogen (secondary N) is 1. The van der Waals surface area contributed by atoms with E-state index in [1.807, 2.05) is 0 Å². The van der Waals surface area contributed by atoms with Crippen LogP contribution in [-0.2, 0) is 11.3 Å². The van der Waals surface area contributed by atoms with Crippen molar-refractivity contribution in [3.05, 3.63) is 29.8 Å². The first-order chi connectivity index (χ1) is 9.90. The maximum Gasteiger partial charge on any atom is 0.119 e. The molecule has 0 radical (unpaired) electrons. The van der Waals surface area contributed by atoms with Crippen LogP contribution < -0.4 is 10.1 Å². The zero-order valence-corrected chi connectivity index (χ0v) is 12.1. The molecule has 110 valence electrons. The zero-order chi connectivity index (χ0) is 13.6. The van der Waals surface area contributed by atoms with Gasteiger partial charge in [0.15, 0.2) is 0 Å². The van der Waals surface area contributed by atoms with Crippen molar-refractivity contribution in [2.24, 2.45) is 0 Å². The second kappa shape index (κ2) is 7.09. The minimum atomic E-state index is 0.290. The Balaban J connectivity index is 1.41. The van der Waals surface area contributed by atoms with Gasteiger partial charge in [0.05, 0.1) is 6.10 Å². The molecule has 1 aliphatic heterocycles. The van der Waals surface area contributed by atoms with E-state index in [2.05, 4.69) is 29.6 Å². The third-order valence-corrected chi connectivity index (χ3v) is 4.33. The van der Waals surface area contributed by atoms with Crippen LogP contribution in [0.3, 0.4) is 0 Å². The minimum absolute atomic E-state index is 0.290. The summed E-state index contributed by atoms with van der Waals surface area (Å²) in [5.74, 6) is 0.949. The fraction of sp³-hybridized carbons (Fsp3) is 0.647. The fourth-order valence-electron chi connectivity index (χ4n) is 3.06. The van der Waals surface area contributed by atoms with E-state index in [0.29, 0.717) is 12.7 Å². The quantitative estimate of drug-likeness (QED) is 0.864. The van der Waals surface area contributed by atoms with Crippen LogP contribution >= 0.6 is 0 Å². The highest BCUT2D eigenvalue weighted by atomic mass is 16.5. The Kier molecular flexibility index (Phi) is 4.93. The van der Waals surface area contributed by atoms with Gasteiger partial charge in [-0.05, 0) is 43.4 Å². The van der Waals surface area contributed by atoms with E-state index in [9.17, 15) is 0 Å². The molecule has 1 N–H and O–H groups in total. The Morgan fingerprint density at radius 3 is 2.55 bits per heavy atom. The molecule has 20 heavy (non-hydrogen) atoms. The molecule has 2 fully saturated rings. The predicted octanol–water partition coefficient (Wildman–Crippen LogP) is 3.28. The standard InChI is InChI=1S/C17H25NO2/c1-2-5-15(4-1)18-12-14-7-9-16(10-8-14)20-13-17-6-3-11-19-17/h7-10,15,17-18H,1-6,11-13H2. The van der Waals surface area contributed by atoms with Gasteiger partial charge in [0, 0.05) is 19.2 Å². The molecule has 1 saturated heterocycles. The Bertz CT molecular complexity index is 353. The minimum Gasteiger partial charge on any atom is -0.491 e. The van der Waals surface area contributed by atoms with E-state index >= 15 is 0 Å². The maximum atomic E-state index is 5.78. The van der Waals surface area contributed by atoms with Crippen molar-refractivity contribution in [1.82, 2.24) is 5.32 Å². The van der Waals surface area contributed by atoms with Gasteiger partial charge in [-0.25, -0.2) is 0 Å². The van der Waals surface area contributed by atoms with Gasteiger partial charge in [0.25, 0.3) is 0 Å². The van der Waals surface area contributed by atoms with Crippen molar-refractivity contribution in [1.29, 1.82) is 0 Å². The van der Waals surface area contributed by atoms with Crippen LogP contribution in [0.4, 0.5) is 0 Å². The summed E-state index contributed by atoms with van der Waals surface area (Å²) in [5, 5.41) is 3.63. The summed E-state index contributed by atoms with van der Waals surface area (Å²) in [6, 6.07) is 9.19. The number of hydrogen-bond donors (Lipinski definition) is 1. The molecule has 1 unspecified atom stereocenters.